The van der Waals surface area contributed by atoms with Gasteiger partial charge in [-0.05, 0) is 17.7 Å². The van der Waals surface area contributed by atoms with Gasteiger partial charge in [-0.2, -0.15) is 0 Å². The summed E-state index contributed by atoms with van der Waals surface area (Å²) in [5.41, 5.74) is 5.77. The summed E-state index contributed by atoms with van der Waals surface area (Å²) in [5.74, 6) is -2.03. The molecule has 0 aromatic heterocycles. The van der Waals surface area contributed by atoms with Gasteiger partial charge in [-0.1, -0.05) is 0 Å². The topological polar surface area (TPSA) is 133 Å². The number of hydrogen-bond donors (Lipinski definition) is 2. The highest BCUT2D eigenvalue weighted by Crippen LogP contribution is 2.12. The Kier molecular flexibility index (Phi) is 7.40. The van der Waals surface area contributed by atoms with E-state index in [1.165, 1.54) is 24.3 Å². The fourth-order valence-electron chi connectivity index (χ4n) is 1.25. The van der Waals surface area contributed by atoms with Gasteiger partial charge in [0, 0.05) is 12.1 Å². The molecule has 9 heteroatoms. The van der Waals surface area contributed by atoms with Gasteiger partial charge in [0.1, 0.15) is 12.6 Å². The zero-order valence-corrected chi connectivity index (χ0v) is 11.9. The second-order valence-electron chi connectivity index (χ2n) is 3.74. The number of non-ortho nitro benzene ring substituents is 1. The number of aliphatic carboxylic acids is 1. The van der Waals surface area contributed by atoms with Crippen LogP contribution in [0.5, 0.6) is 0 Å². The Morgan fingerprint density at radius 3 is 2.35 bits per heavy atom. The Balaban J connectivity index is 0.00000361. The molecule has 0 fully saturated rings. The van der Waals surface area contributed by atoms with E-state index in [-0.39, 0.29) is 29.3 Å². The molecule has 0 aliphatic carbocycles. The average molecular weight is 349 g/mol. The molecular formula is C11H13BrN2O6. The molecule has 0 spiro atoms. The third-order valence-electron chi connectivity index (χ3n) is 2.23. The molecule has 0 saturated heterocycles. The van der Waals surface area contributed by atoms with Gasteiger partial charge in [-0.25, -0.2) is 0 Å². The van der Waals surface area contributed by atoms with E-state index >= 15 is 0 Å². The molecule has 0 radical (unpaired) electrons. The fraction of sp³-hybridized carbons (Fsp3) is 0.273. The van der Waals surface area contributed by atoms with Crippen LogP contribution >= 0.6 is 17.0 Å². The van der Waals surface area contributed by atoms with Crippen molar-refractivity contribution in [2.24, 2.45) is 5.73 Å². The van der Waals surface area contributed by atoms with E-state index in [4.69, 9.17) is 15.6 Å². The molecule has 0 unspecified atom stereocenters. The summed E-state index contributed by atoms with van der Waals surface area (Å²) in [7, 11) is 0. The van der Waals surface area contributed by atoms with Gasteiger partial charge in [0.15, 0.2) is 0 Å². The van der Waals surface area contributed by atoms with E-state index in [2.05, 4.69) is 0 Å². The second-order valence-corrected chi connectivity index (χ2v) is 3.74. The summed E-state index contributed by atoms with van der Waals surface area (Å²) in [6, 6.07) is 4.21. The largest absolute Gasteiger partial charge is 0.481 e. The van der Waals surface area contributed by atoms with Crippen LogP contribution in [-0.4, -0.2) is 28.0 Å². The zero-order valence-electron chi connectivity index (χ0n) is 10.2. The summed E-state index contributed by atoms with van der Waals surface area (Å²) < 4.78 is 4.79. The van der Waals surface area contributed by atoms with Crippen molar-refractivity contribution in [1.29, 1.82) is 0 Å². The Labute approximate surface area is 124 Å². The Bertz CT molecular complexity index is 490. The number of nitro groups is 1. The van der Waals surface area contributed by atoms with Gasteiger partial charge in [0.25, 0.3) is 5.69 Å². The number of nitro benzene ring substituents is 1. The Hall–Kier alpha value is -2.00. The number of esters is 1. The maximum atomic E-state index is 11.3. The summed E-state index contributed by atoms with van der Waals surface area (Å²) in [6.45, 7) is -0.121. The van der Waals surface area contributed by atoms with Crippen molar-refractivity contribution in [3.05, 3.63) is 39.9 Å². The van der Waals surface area contributed by atoms with Crippen molar-refractivity contribution in [3.8, 4) is 0 Å². The van der Waals surface area contributed by atoms with Gasteiger partial charge in [-0.3, -0.25) is 19.7 Å². The number of carbonyl (C=O) groups excluding carboxylic acids is 1. The molecule has 110 valence electrons. The molecule has 0 aliphatic heterocycles. The third-order valence-corrected chi connectivity index (χ3v) is 2.23. The first-order valence-corrected chi connectivity index (χ1v) is 5.27. The predicted octanol–water partition coefficient (Wildman–Crippen LogP) is 1.02. The quantitative estimate of drug-likeness (QED) is 0.445. The van der Waals surface area contributed by atoms with Crippen LogP contribution in [0.4, 0.5) is 5.69 Å². The van der Waals surface area contributed by atoms with Crippen molar-refractivity contribution >= 4 is 34.6 Å². The van der Waals surface area contributed by atoms with Crippen molar-refractivity contribution in [1.82, 2.24) is 0 Å². The van der Waals surface area contributed by atoms with Gasteiger partial charge in [0.2, 0.25) is 0 Å². The molecule has 0 aliphatic rings. The summed E-state index contributed by atoms with van der Waals surface area (Å²) in [5, 5.41) is 18.9. The third kappa shape index (κ3) is 5.76. The lowest BCUT2D eigenvalue weighted by Gasteiger charge is -2.09. The minimum atomic E-state index is -1.23. The van der Waals surface area contributed by atoms with Crippen molar-refractivity contribution < 1.29 is 24.4 Å². The van der Waals surface area contributed by atoms with Crippen LogP contribution in [-0.2, 0) is 20.9 Å². The average Bonchev–Trinajstić information content (AvgIpc) is 2.35. The van der Waals surface area contributed by atoms with Crippen LogP contribution in [0.15, 0.2) is 24.3 Å². The number of halogens is 1. The molecule has 3 N–H and O–H groups in total. The van der Waals surface area contributed by atoms with Gasteiger partial charge in [-0.15, -0.1) is 17.0 Å². The first kappa shape index (κ1) is 18.0. The zero-order chi connectivity index (χ0) is 14.4. The van der Waals surface area contributed by atoms with Crippen molar-refractivity contribution in [2.45, 2.75) is 19.1 Å². The van der Waals surface area contributed by atoms with Gasteiger partial charge in [0.05, 0.1) is 11.3 Å². The minimum absolute atomic E-state index is 0. The van der Waals surface area contributed by atoms with Gasteiger partial charge < -0.3 is 15.6 Å². The van der Waals surface area contributed by atoms with Crippen LogP contribution in [0.1, 0.15) is 12.0 Å². The van der Waals surface area contributed by atoms with Crippen LogP contribution in [0.2, 0.25) is 0 Å². The number of nitrogens with two attached hydrogens (primary N) is 1. The molecule has 1 rings (SSSR count). The van der Waals surface area contributed by atoms with Crippen LogP contribution in [0, 0.1) is 10.1 Å². The Morgan fingerprint density at radius 1 is 1.35 bits per heavy atom. The summed E-state index contributed by atoms with van der Waals surface area (Å²) >= 11 is 0. The number of carboxylic acid groups (broad SMARTS) is 1. The normalized spacial score (nSPS) is 11.1. The number of carboxylic acids is 1. The van der Waals surface area contributed by atoms with Gasteiger partial charge >= 0.3 is 11.9 Å². The van der Waals surface area contributed by atoms with E-state index in [0.717, 1.165) is 0 Å². The van der Waals surface area contributed by atoms with Crippen molar-refractivity contribution in [2.75, 3.05) is 0 Å². The Morgan fingerprint density at radius 2 is 1.90 bits per heavy atom. The smallest absolute Gasteiger partial charge is 0.323 e. The highest BCUT2D eigenvalue weighted by atomic mass is 79.9. The molecular weight excluding hydrogens is 336 g/mol. The highest BCUT2D eigenvalue weighted by molar-refractivity contribution is 8.93. The van der Waals surface area contributed by atoms with E-state index in [9.17, 15) is 19.7 Å². The summed E-state index contributed by atoms with van der Waals surface area (Å²) in [4.78, 5) is 31.5. The maximum absolute atomic E-state index is 11.3. The second kappa shape index (κ2) is 8.23. The molecule has 1 aromatic carbocycles. The maximum Gasteiger partial charge on any atom is 0.323 e. The standard InChI is InChI=1S/C11H12N2O6.BrH/c12-9(5-10(14)15)11(16)19-6-7-1-3-8(4-2-7)13(17)18;/h1-4,9H,5-6,12H2,(H,14,15);1H/t9-;/m0./s1. The van der Waals surface area contributed by atoms with Crippen LogP contribution < -0.4 is 5.73 Å². The van der Waals surface area contributed by atoms with Crippen LogP contribution in [0.25, 0.3) is 0 Å². The van der Waals surface area contributed by atoms with E-state index in [1.807, 2.05) is 0 Å². The minimum Gasteiger partial charge on any atom is -0.481 e. The number of carbonyl (C=O) groups is 2. The molecule has 0 amide bonds. The molecule has 20 heavy (non-hydrogen) atoms. The molecule has 0 saturated carbocycles. The first-order valence-electron chi connectivity index (χ1n) is 5.27. The monoisotopic (exact) mass is 348 g/mol. The SMILES string of the molecule is Br.N[C@@H](CC(=O)O)C(=O)OCc1ccc([N+](=O)[O-])cc1. The lowest BCUT2D eigenvalue weighted by atomic mass is 10.2. The molecule has 0 heterocycles. The number of hydrogen-bond acceptors (Lipinski definition) is 6. The predicted molar refractivity (Wildman–Crippen MR) is 73.4 cm³/mol. The van der Waals surface area contributed by atoms with E-state index in [1.54, 1.807) is 0 Å². The molecule has 8 nitrogen and oxygen atoms in total. The lowest BCUT2D eigenvalue weighted by Crippen LogP contribution is -2.34. The molecule has 1 atom stereocenters. The lowest BCUT2D eigenvalue weighted by molar-refractivity contribution is -0.384. The molecule has 0 bridgehead atoms. The van der Waals surface area contributed by atoms with Crippen molar-refractivity contribution in [3.63, 3.8) is 0 Å². The van der Waals surface area contributed by atoms with Crippen LogP contribution in [0.3, 0.4) is 0 Å². The first-order chi connectivity index (χ1) is 8.90. The number of benzene rings is 1. The number of nitrogens with zero attached hydrogens (tertiary/aromatic N) is 1. The number of rotatable bonds is 6. The summed E-state index contributed by atoms with van der Waals surface area (Å²) in [6.07, 6.45) is -0.515. The number of ether oxygens (including phenoxy) is 1. The fourth-order valence-corrected chi connectivity index (χ4v) is 1.25. The highest BCUT2D eigenvalue weighted by Gasteiger charge is 2.18. The van der Waals surface area contributed by atoms with E-state index < -0.39 is 29.3 Å². The molecule has 1 aromatic rings. The van der Waals surface area contributed by atoms with E-state index in [0.29, 0.717) is 5.56 Å².